The molecule has 3 rings (SSSR count). The first-order chi connectivity index (χ1) is 15.4. The van der Waals surface area contributed by atoms with Gasteiger partial charge in [-0.1, -0.05) is 0 Å². The van der Waals surface area contributed by atoms with Gasteiger partial charge in [0.25, 0.3) is 0 Å². The van der Waals surface area contributed by atoms with Gasteiger partial charge in [0, 0.05) is 37.9 Å². The van der Waals surface area contributed by atoms with Crippen LogP contribution in [0.15, 0.2) is 30.3 Å². The number of amides is 2. The summed E-state index contributed by atoms with van der Waals surface area (Å²) >= 11 is 0. The number of hydrogen-bond acceptors (Lipinski definition) is 5. The van der Waals surface area contributed by atoms with Crippen molar-refractivity contribution in [1.29, 1.82) is 0 Å². The van der Waals surface area contributed by atoms with Gasteiger partial charge in [-0.05, 0) is 49.1 Å². The van der Waals surface area contributed by atoms with Gasteiger partial charge < -0.3 is 29.7 Å². The van der Waals surface area contributed by atoms with Crippen molar-refractivity contribution < 1.29 is 27.8 Å². The average molecular weight is 449 g/mol. The number of benzene rings is 2. The van der Waals surface area contributed by atoms with Gasteiger partial charge in [-0.15, -0.1) is 0 Å². The Balaban J connectivity index is 1.49. The summed E-state index contributed by atoms with van der Waals surface area (Å²) in [6.07, 6.45) is 0.854. The van der Waals surface area contributed by atoms with Gasteiger partial charge in [0.1, 0.15) is 0 Å². The van der Waals surface area contributed by atoms with Crippen molar-refractivity contribution in [2.24, 2.45) is 5.92 Å². The van der Waals surface area contributed by atoms with Crippen LogP contribution in [-0.2, 0) is 6.54 Å². The zero-order chi connectivity index (χ0) is 23.1. The van der Waals surface area contributed by atoms with E-state index < -0.39 is 11.6 Å². The second kappa shape index (κ2) is 10.9. The van der Waals surface area contributed by atoms with E-state index in [2.05, 4.69) is 10.6 Å². The molecule has 1 aliphatic rings. The molecule has 174 valence electrons. The Labute approximate surface area is 186 Å². The lowest BCUT2D eigenvalue weighted by Gasteiger charge is -2.19. The van der Waals surface area contributed by atoms with Crippen molar-refractivity contribution in [2.45, 2.75) is 19.9 Å². The fraction of sp³-hybridized carbons (Fsp3) is 0.435. The topological polar surface area (TPSA) is 72.1 Å². The minimum absolute atomic E-state index is 0.222. The van der Waals surface area contributed by atoms with Crippen molar-refractivity contribution in [2.75, 3.05) is 45.4 Å². The van der Waals surface area contributed by atoms with Gasteiger partial charge in [-0.2, -0.15) is 0 Å². The van der Waals surface area contributed by atoms with E-state index in [1.807, 2.05) is 11.8 Å². The van der Waals surface area contributed by atoms with Crippen LogP contribution >= 0.6 is 0 Å². The summed E-state index contributed by atoms with van der Waals surface area (Å²) in [5.41, 5.74) is 1.46. The number of nitrogens with one attached hydrogen (secondary N) is 2. The van der Waals surface area contributed by atoms with Gasteiger partial charge >= 0.3 is 6.03 Å². The van der Waals surface area contributed by atoms with Crippen LogP contribution in [0.25, 0.3) is 0 Å². The zero-order valence-corrected chi connectivity index (χ0v) is 18.5. The predicted octanol–water partition coefficient (Wildman–Crippen LogP) is 3.71. The minimum atomic E-state index is -0.856. The fourth-order valence-corrected chi connectivity index (χ4v) is 3.72. The Kier molecular flexibility index (Phi) is 7.97. The van der Waals surface area contributed by atoms with Crippen LogP contribution in [-0.4, -0.2) is 46.5 Å². The summed E-state index contributed by atoms with van der Waals surface area (Å²) in [6, 6.07) is 7.21. The lowest BCUT2D eigenvalue weighted by Crippen LogP contribution is -2.38. The van der Waals surface area contributed by atoms with Gasteiger partial charge in [0.05, 0.1) is 20.8 Å². The number of hydrogen-bond donors (Lipinski definition) is 2. The highest BCUT2D eigenvalue weighted by molar-refractivity contribution is 5.74. The summed E-state index contributed by atoms with van der Waals surface area (Å²) < 4.78 is 43.0. The molecule has 2 amide bonds. The summed E-state index contributed by atoms with van der Waals surface area (Å²) in [5.74, 6) is 0.104. The summed E-state index contributed by atoms with van der Waals surface area (Å²) in [6.45, 7) is 4.52. The van der Waals surface area contributed by atoms with Gasteiger partial charge in [0.15, 0.2) is 23.1 Å². The molecule has 2 N–H and O–H groups in total. The van der Waals surface area contributed by atoms with Gasteiger partial charge in [-0.25, -0.2) is 13.6 Å². The lowest BCUT2D eigenvalue weighted by atomic mass is 10.1. The zero-order valence-electron chi connectivity index (χ0n) is 18.5. The second-order valence-electron chi connectivity index (χ2n) is 7.53. The van der Waals surface area contributed by atoms with Crippen LogP contribution in [0, 0.1) is 17.6 Å². The van der Waals surface area contributed by atoms with Crippen LogP contribution in [0.4, 0.5) is 19.3 Å². The lowest BCUT2D eigenvalue weighted by molar-refractivity contribution is 0.239. The number of rotatable bonds is 9. The number of carbonyl (C=O) groups is 1. The summed E-state index contributed by atoms with van der Waals surface area (Å²) in [4.78, 5) is 14.3. The Morgan fingerprint density at radius 2 is 1.81 bits per heavy atom. The molecule has 0 bridgehead atoms. The van der Waals surface area contributed by atoms with E-state index in [-0.39, 0.29) is 18.5 Å². The van der Waals surface area contributed by atoms with Crippen molar-refractivity contribution in [3.8, 4) is 17.2 Å². The Hall–Kier alpha value is -3.23. The number of halogens is 2. The van der Waals surface area contributed by atoms with E-state index in [0.717, 1.165) is 24.6 Å². The normalized spacial score (nSPS) is 15.4. The Bertz CT molecular complexity index is 916. The van der Waals surface area contributed by atoms with E-state index >= 15 is 0 Å². The number of ether oxygens (including phenoxy) is 3. The molecular weight excluding hydrogens is 420 g/mol. The molecule has 32 heavy (non-hydrogen) atoms. The molecule has 1 atom stereocenters. The van der Waals surface area contributed by atoms with Crippen LogP contribution < -0.4 is 29.7 Å². The number of nitrogens with zero attached hydrogens (tertiary/aromatic N) is 1. The monoisotopic (exact) mass is 449 g/mol. The highest BCUT2D eigenvalue weighted by Gasteiger charge is 2.24. The first-order valence-electron chi connectivity index (χ1n) is 10.5. The minimum Gasteiger partial charge on any atom is -0.493 e. The Morgan fingerprint density at radius 1 is 1.09 bits per heavy atom. The smallest absolute Gasteiger partial charge is 0.315 e. The van der Waals surface area contributed by atoms with E-state index in [1.165, 1.54) is 6.07 Å². The standard InChI is InChI=1S/C23H29F2N3O4/c1-4-32-22-20(30-2)9-16(10-21(22)31-3)13-27-23(29)26-12-15-7-8-28(14-15)17-5-6-18(24)19(25)11-17/h5-6,9-11,15H,4,7-8,12-14H2,1-3H3,(H2,26,27,29). The first-order valence-corrected chi connectivity index (χ1v) is 10.5. The largest absolute Gasteiger partial charge is 0.493 e. The predicted molar refractivity (Wildman–Crippen MR) is 118 cm³/mol. The molecule has 1 heterocycles. The molecular formula is C23H29F2N3O4. The molecule has 1 unspecified atom stereocenters. The van der Waals surface area contributed by atoms with Crippen LogP contribution in [0.3, 0.4) is 0 Å². The summed E-state index contributed by atoms with van der Waals surface area (Å²) in [7, 11) is 3.10. The molecule has 1 aliphatic heterocycles. The highest BCUT2D eigenvalue weighted by Crippen LogP contribution is 2.38. The van der Waals surface area contributed by atoms with Crippen molar-refractivity contribution in [3.63, 3.8) is 0 Å². The molecule has 2 aromatic carbocycles. The van der Waals surface area contributed by atoms with E-state index in [9.17, 15) is 13.6 Å². The molecule has 7 nitrogen and oxygen atoms in total. The molecule has 0 aliphatic carbocycles. The molecule has 0 aromatic heterocycles. The Morgan fingerprint density at radius 3 is 2.44 bits per heavy atom. The molecule has 0 radical (unpaired) electrons. The average Bonchev–Trinajstić information content (AvgIpc) is 3.27. The van der Waals surface area contributed by atoms with Crippen molar-refractivity contribution in [1.82, 2.24) is 10.6 Å². The number of carbonyl (C=O) groups excluding carboxylic acids is 1. The first kappa shape index (κ1) is 23.4. The van der Waals surface area contributed by atoms with Crippen molar-refractivity contribution >= 4 is 11.7 Å². The van der Waals surface area contributed by atoms with E-state index in [4.69, 9.17) is 14.2 Å². The number of methoxy groups -OCH3 is 2. The van der Waals surface area contributed by atoms with Crippen LogP contribution in [0.1, 0.15) is 18.9 Å². The maximum Gasteiger partial charge on any atom is 0.315 e. The third kappa shape index (κ3) is 5.72. The molecule has 0 saturated carbocycles. The van der Waals surface area contributed by atoms with E-state index in [0.29, 0.717) is 42.6 Å². The maximum atomic E-state index is 13.5. The van der Waals surface area contributed by atoms with Crippen LogP contribution in [0.5, 0.6) is 17.2 Å². The molecule has 9 heteroatoms. The SMILES string of the molecule is CCOc1c(OC)cc(CNC(=O)NCC2CCN(c3ccc(F)c(F)c3)C2)cc1OC. The second-order valence-corrected chi connectivity index (χ2v) is 7.53. The highest BCUT2D eigenvalue weighted by atomic mass is 19.2. The quantitative estimate of drug-likeness (QED) is 0.611. The molecule has 0 spiro atoms. The van der Waals surface area contributed by atoms with Crippen molar-refractivity contribution in [3.05, 3.63) is 47.5 Å². The van der Waals surface area contributed by atoms with Crippen LogP contribution in [0.2, 0.25) is 0 Å². The van der Waals surface area contributed by atoms with E-state index in [1.54, 1.807) is 32.4 Å². The number of urea groups is 1. The summed E-state index contributed by atoms with van der Waals surface area (Å²) in [5, 5.41) is 5.71. The fourth-order valence-electron chi connectivity index (χ4n) is 3.72. The molecule has 1 saturated heterocycles. The maximum absolute atomic E-state index is 13.5. The van der Waals surface area contributed by atoms with Gasteiger partial charge in [0.2, 0.25) is 5.75 Å². The third-order valence-electron chi connectivity index (χ3n) is 5.37. The molecule has 1 fully saturated rings. The third-order valence-corrected chi connectivity index (χ3v) is 5.37. The molecule has 2 aromatic rings. The number of anilines is 1. The van der Waals surface area contributed by atoms with Gasteiger partial charge in [-0.3, -0.25) is 0 Å².